The highest BCUT2D eigenvalue weighted by molar-refractivity contribution is 6.30. The third-order valence-corrected chi connectivity index (χ3v) is 4.88. The van der Waals surface area contributed by atoms with Crippen LogP contribution < -0.4 is 10.1 Å². The Hall–Kier alpha value is -0.730. The standard InChI is InChI=1S/C18H28ClNO/c1-3-11-20-14-18(9-5-4-6-10-18)13-15-12-16(19)7-8-17(15)21-2/h7-8,12,20H,3-6,9-11,13-14H2,1-2H3. The zero-order valence-corrected chi connectivity index (χ0v) is 14.1. The monoisotopic (exact) mass is 309 g/mol. The van der Waals surface area contributed by atoms with E-state index >= 15 is 0 Å². The summed E-state index contributed by atoms with van der Waals surface area (Å²) in [6.07, 6.45) is 8.93. The maximum atomic E-state index is 6.19. The van der Waals surface area contributed by atoms with Crippen LogP contribution in [-0.2, 0) is 6.42 Å². The Morgan fingerprint density at radius 3 is 2.67 bits per heavy atom. The number of rotatable bonds is 7. The summed E-state index contributed by atoms with van der Waals surface area (Å²) in [5.74, 6) is 0.972. The molecule has 0 heterocycles. The molecule has 0 aliphatic heterocycles. The second-order valence-corrected chi connectivity index (χ2v) is 6.81. The van der Waals surface area contributed by atoms with Crippen LogP contribution in [-0.4, -0.2) is 20.2 Å². The van der Waals surface area contributed by atoms with Gasteiger partial charge in [-0.25, -0.2) is 0 Å². The Bertz CT molecular complexity index is 441. The second-order valence-electron chi connectivity index (χ2n) is 6.37. The van der Waals surface area contributed by atoms with E-state index in [1.54, 1.807) is 7.11 Å². The molecule has 2 nitrogen and oxygen atoms in total. The number of nitrogens with one attached hydrogen (secondary N) is 1. The molecule has 1 aliphatic carbocycles. The molecule has 1 aromatic carbocycles. The van der Waals surface area contributed by atoms with Gasteiger partial charge in [-0.05, 0) is 61.4 Å². The van der Waals surface area contributed by atoms with E-state index in [-0.39, 0.29) is 0 Å². The Morgan fingerprint density at radius 2 is 2.00 bits per heavy atom. The molecule has 21 heavy (non-hydrogen) atoms. The minimum atomic E-state index is 0.366. The van der Waals surface area contributed by atoms with Crippen LogP contribution in [0.25, 0.3) is 0 Å². The summed E-state index contributed by atoms with van der Waals surface area (Å²) in [6, 6.07) is 5.98. The summed E-state index contributed by atoms with van der Waals surface area (Å²) in [5.41, 5.74) is 1.62. The van der Waals surface area contributed by atoms with Gasteiger partial charge in [0.25, 0.3) is 0 Å². The minimum Gasteiger partial charge on any atom is -0.496 e. The predicted molar refractivity (Wildman–Crippen MR) is 90.4 cm³/mol. The lowest BCUT2D eigenvalue weighted by Crippen LogP contribution is -2.38. The van der Waals surface area contributed by atoms with Gasteiger partial charge < -0.3 is 10.1 Å². The first kappa shape index (κ1) is 16.6. The third-order valence-electron chi connectivity index (χ3n) is 4.65. The van der Waals surface area contributed by atoms with Gasteiger partial charge in [0.2, 0.25) is 0 Å². The SMILES string of the molecule is CCCNCC1(Cc2cc(Cl)ccc2OC)CCCCC1. The van der Waals surface area contributed by atoms with Crippen LogP contribution in [0.1, 0.15) is 51.0 Å². The van der Waals surface area contributed by atoms with E-state index in [0.29, 0.717) is 5.41 Å². The molecule has 0 atom stereocenters. The fourth-order valence-corrected chi connectivity index (χ4v) is 3.73. The quantitative estimate of drug-likeness (QED) is 0.728. The van der Waals surface area contributed by atoms with Gasteiger partial charge in [-0.3, -0.25) is 0 Å². The number of ether oxygens (including phenoxy) is 1. The van der Waals surface area contributed by atoms with Crippen molar-refractivity contribution in [1.82, 2.24) is 5.32 Å². The van der Waals surface area contributed by atoms with Gasteiger partial charge in [0.1, 0.15) is 5.75 Å². The Kier molecular flexibility index (Phi) is 6.38. The molecule has 1 fully saturated rings. The summed E-state index contributed by atoms with van der Waals surface area (Å²) < 4.78 is 5.53. The van der Waals surface area contributed by atoms with Gasteiger partial charge in [-0.15, -0.1) is 0 Å². The molecule has 1 aliphatic rings. The van der Waals surface area contributed by atoms with E-state index in [0.717, 1.165) is 30.3 Å². The van der Waals surface area contributed by atoms with Crippen LogP contribution in [0.15, 0.2) is 18.2 Å². The molecular weight excluding hydrogens is 282 g/mol. The lowest BCUT2D eigenvalue weighted by molar-refractivity contribution is 0.179. The lowest BCUT2D eigenvalue weighted by Gasteiger charge is -2.38. The molecule has 0 unspecified atom stereocenters. The summed E-state index contributed by atoms with van der Waals surface area (Å²) in [7, 11) is 1.75. The first-order valence-corrected chi connectivity index (χ1v) is 8.60. The molecule has 118 valence electrons. The Labute approximate surface area is 134 Å². The van der Waals surface area contributed by atoms with Crippen LogP contribution in [0.2, 0.25) is 5.02 Å². The number of benzene rings is 1. The van der Waals surface area contributed by atoms with Crippen molar-refractivity contribution in [3.63, 3.8) is 0 Å². The van der Waals surface area contributed by atoms with E-state index in [9.17, 15) is 0 Å². The number of hydrogen-bond donors (Lipinski definition) is 1. The highest BCUT2D eigenvalue weighted by Crippen LogP contribution is 2.41. The van der Waals surface area contributed by atoms with Crippen molar-refractivity contribution in [3.05, 3.63) is 28.8 Å². The van der Waals surface area contributed by atoms with Crippen LogP contribution in [0.3, 0.4) is 0 Å². The van der Waals surface area contributed by atoms with Crippen LogP contribution in [0.4, 0.5) is 0 Å². The van der Waals surface area contributed by atoms with E-state index in [1.165, 1.54) is 44.1 Å². The van der Waals surface area contributed by atoms with Crippen LogP contribution in [0.5, 0.6) is 5.75 Å². The fourth-order valence-electron chi connectivity index (χ4n) is 3.54. The summed E-state index contributed by atoms with van der Waals surface area (Å²) in [6.45, 7) is 4.44. The summed E-state index contributed by atoms with van der Waals surface area (Å²) in [5, 5.41) is 4.45. The van der Waals surface area contributed by atoms with Crippen LogP contribution >= 0.6 is 11.6 Å². The predicted octanol–water partition coefficient (Wildman–Crippen LogP) is 4.84. The van der Waals surface area contributed by atoms with Crippen molar-refractivity contribution < 1.29 is 4.74 Å². The van der Waals surface area contributed by atoms with E-state index < -0.39 is 0 Å². The van der Waals surface area contributed by atoms with Crippen molar-refractivity contribution >= 4 is 11.6 Å². The minimum absolute atomic E-state index is 0.366. The lowest BCUT2D eigenvalue weighted by atomic mass is 9.70. The maximum absolute atomic E-state index is 6.19. The van der Waals surface area contributed by atoms with E-state index in [1.807, 2.05) is 12.1 Å². The average Bonchev–Trinajstić information content (AvgIpc) is 2.49. The molecule has 1 aromatic rings. The van der Waals surface area contributed by atoms with Crippen LogP contribution in [0, 0.1) is 5.41 Å². The fraction of sp³-hybridized carbons (Fsp3) is 0.667. The molecule has 0 amide bonds. The van der Waals surface area contributed by atoms with Gasteiger partial charge in [-0.1, -0.05) is 37.8 Å². The molecular formula is C18H28ClNO. The second kappa shape index (κ2) is 8.05. The molecule has 1 N–H and O–H groups in total. The molecule has 0 aromatic heterocycles. The smallest absolute Gasteiger partial charge is 0.122 e. The topological polar surface area (TPSA) is 21.3 Å². The summed E-state index contributed by atoms with van der Waals surface area (Å²) in [4.78, 5) is 0. The van der Waals surface area contributed by atoms with Gasteiger partial charge in [0.05, 0.1) is 7.11 Å². The van der Waals surface area contributed by atoms with E-state index in [4.69, 9.17) is 16.3 Å². The third kappa shape index (κ3) is 4.62. The molecule has 2 rings (SSSR count). The van der Waals surface area contributed by atoms with Gasteiger partial charge in [0, 0.05) is 11.6 Å². The maximum Gasteiger partial charge on any atom is 0.122 e. The molecule has 0 radical (unpaired) electrons. The van der Waals surface area contributed by atoms with Gasteiger partial charge >= 0.3 is 0 Å². The first-order chi connectivity index (χ1) is 10.2. The zero-order valence-electron chi connectivity index (χ0n) is 13.4. The largest absolute Gasteiger partial charge is 0.496 e. The molecule has 0 saturated heterocycles. The highest BCUT2D eigenvalue weighted by Gasteiger charge is 2.32. The van der Waals surface area contributed by atoms with Crippen molar-refractivity contribution in [2.45, 2.75) is 51.9 Å². The van der Waals surface area contributed by atoms with Crippen molar-refractivity contribution in [1.29, 1.82) is 0 Å². The number of halogens is 1. The van der Waals surface area contributed by atoms with Gasteiger partial charge in [0.15, 0.2) is 0 Å². The normalized spacial score (nSPS) is 17.7. The Balaban J connectivity index is 2.15. The summed E-state index contributed by atoms with van der Waals surface area (Å²) >= 11 is 6.19. The average molecular weight is 310 g/mol. The number of methoxy groups -OCH3 is 1. The molecule has 3 heteroatoms. The van der Waals surface area contributed by atoms with E-state index in [2.05, 4.69) is 18.3 Å². The molecule has 0 bridgehead atoms. The van der Waals surface area contributed by atoms with Crippen molar-refractivity contribution in [3.8, 4) is 5.75 Å². The Morgan fingerprint density at radius 1 is 1.24 bits per heavy atom. The molecule has 1 saturated carbocycles. The molecule has 0 spiro atoms. The highest BCUT2D eigenvalue weighted by atomic mass is 35.5. The first-order valence-electron chi connectivity index (χ1n) is 8.22. The number of hydrogen-bond acceptors (Lipinski definition) is 2. The van der Waals surface area contributed by atoms with Crippen molar-refractivity contribution in [2.75, 3.05) is 20.2 Å². The zero-order chi connectivity index (χ0) is 15.1. The van der Waals surface area contributed by atoms with Gasteiger partial charge in [-0.2, -0.15) is 0 Å². The van der Waals surface area contributed by atoms with Crippen molar-refractivity contribution in [2.24, 2.45) is 5.41 Å².